The lowest BCUT2D eigenvalue weighted by Gasteiger charge is -2.34. The van der Waals surface area contributed by atoms with Gasteiger partial charge in [-0.1, -0.05) is 12.1 Å². The minimum absolute atomic E-state index is 0.157. The molecule has 0 unspecified atom stereocenters. The number of sulfonamides is 1. The van der Waals surface area contributed by atoms with Crippen LogP contribution in [-0.4, -0.2) is 75.4 Å². The van der Waals surface area contributed by atoms with Gasteiger partial charge in [-0.2, -0.15) is 4.31 Å². The van der Waals surface area contributed by atoms with Crippen LogP contribution in [0.25, 0.3) is 11.3 Å². The monoisotopic (exact) mass is 515 g/mol. The maximum absolute atomic E-state index is 13.1. The molecule has 0 radical (unpaired) electrons. The van der Waals surface area contributed by atoms with Crippen molar-refractivity contribution in [1.82, 2.24) is 14.5 Å². The molecular weight excluding hydrogens is 490 g/mol. The smallest absolute Gasteiger partial charge is 0.289 e. The minimum atomic E-state index is -4.01. The van der Waals surface area contributed by atoms with Crippen molar-refractivity contribution in [2.45, 2.75) is 4.90 Å². The summed E-state index contributed by atoms with van der Waals surface area (Å²) >= 11 is 0. The average molecular weight is 516 g/mol. The zero-order chi connectivity index (χ0) is 25.9. The lowest BCUT2D eigenvalue weighted by molar-refractivity contribution is -0.387. The molecule has 4 rings (SSSR count). The maximum atomic E-state index is 13.1. The fourth-order valence-electron chi connectivity index (χ4n) is 4.00. The summed E-state index contributed by atoms with van der Waals surface area (Å²) in [6, 6.07) is 12.5. The molecule has 1 aromatic heterocycles. The molecule has 1 aliphatic heterocycles. The van der Waals surface area contributed by atoms with Crippen molar-refractivity contribution in [2.75, 3.05) is 52.4 Å². The summed E-state index contributed by atoms with van der Waals surface area (Å²) in [5, 5.41) is 19.9. The SMILES string of the molecule is COc1cc(-c2ccc(N3CCN(S(=O)(=O)c4ccccc4[N+](=O)[O-])CC3)nn2)cc(OC)c1OC. The number of nitro groups is 1. The molecule has 0 N–H and O–H groups in total. The third-order valence-electron chi connectivity index (χ3n) is 5.85. The Morgan fingerprint density at radius 3 is 2.06 bits per heavy atom. The van der Waals surface area contributed by atoms with Crippen LogP contribution in [0.4, 0.5) is 11.5 Å². The zero-order valence-corrected chi connectivity index (χ0v) is 20.8. The highest BCUT2D eigenvalue weighted by Gasteiger charge is 2.33. The number of rotatable bonds is 8. The van der Waals surface area contributed by atoms with Gasteiger partial charge in [0, 0.05) is 37.8 Å². The van der Waals surface area contributed by atoms with E-state index >= 15 is 0 Å². The van der Waals surface area contributed by atoms with Gasteiger partial charge in [-0.05, 0) is 30.3 Å². The van der Waals surface area contributed by atoms with Crippen molar-refractivity contribution in [3.8, 4) is 28.5 Å². The molecule has 13 heteroatoms. The standard InChI is InChI=1S/C23H25N5O7S/c1-33-19-14-16(15-20(34-2)23(19)35-3)17-8-9-22(25-24-17)26-10-12-27(13-11-26)36(31,32)21-7-5-4-6-18(21)28(29)30/h4-9,14-15H,10-13H2,1-3H3. The highest BCUT2D eigenvalue weighted by molar-refractivity contribution is 7.89. The van der Waals surface area contributed by atoms with Crippen molar-refractivity contribution in [3.63, 3.8) is 0 Å². The van der Waals surface area contributed by atoms with E-state index in [2.05, 4.69) is 10.2 Å². The van der Waals surface area contributed by atoms with Crippen molar-refractivity contribution >= 4 is 21.5 Å². The predicted molar refractivity (Wildman–Crippen MR) is 131 cm³/mol. The number of nitrogens with zero attached hydrogens (tertiary/aromatic N) is 5. The second-order valence-electron chi connectivity index (χ2n) is 7.81. The highest BCUT2D eigenvalue weighted by atomic mass is 32.2. The number of para-hydroxylation sites is 1. The summed E-state index contributed by atoms with van der Waals surface area (Å²) in [6.07, 6.45) is 0. The van der Waals surface area contributed by atoms with Crippen LogP contribution in [0.3, 0.4) is 0 Å². The van der Waals surface area contributed by atoms with Gasteiger partial charge in [0.05, 0.1) is 31.9 Å². The van der Waals surface area contributed by atoms with E-state index in [0.717, 1.165) is 5.56 Å². The van der Waals surface area contributed by atoms with Gasteiger partial charge in [-0.3, -0.25) is 10.1 Å². The molecule has 0 spiro atoms. The second-order valence-corrected chi connectivity index (χ2v) is 9.71. The Bertz CT molecular complexity index is 1330. The van der Waals surface area contributed by atoms with Crippen LogP contribution in [0.15, 0.2) is 53.4 Å². The Kier molecular flexibility index (Phi) is 7.22. The normalized spacial score (nSPS) is 14.4. The number of hydrogen-bond donors (Lipinski definition) is 0. The Hall–Kier alpha value is -3.97. The minimum Gasteiger partial charge on any atom is -0.493 e. The van der Waals surface area contributed by atoms with Gasteiger partial charge >= 0.3 is 0 Å². The summed E-state index contributed by atoms with van der Waals surface area (Å²) in [4.78, 5) is 12.2. The van der Waals surface area contributed by atoms with Gasteiger partial charge in [0.1, 0.15) is 0 Å². The molecule has 0 amide bonds. The fraction of sp³-hybridized carbons (Fsp3) is 0.304. The lowest BCUT2D eigenvalue weighted by atomic mass is 10.1. The fourth-order valence-corrected chi connectivity index (χ4v) is 5.58. The molecule has 190 valence electrons. The zero-order valence-electron chi connectivity index (χ0n) is 19.9. The van der Waals surface area contributed by atoms with Crippen LogP contribution >= 0.6 is 0 Å². The lowest BCUT2D eigenvalue weighted by Crippen LogP contribution is -2.49. The molecule has 1 aliphatic rings. The molecule has 1 fully saturated rings. The van der Waals surface area contributed by atoms with E-state index in [1.165, 1.54) is 49.9 Å². The van der Waals surface area contributed by atoms with Crippen LogP contribution in [-0.2, 0) is 10.0 Å². The topological polar surface area (TPSA) is 137 Å². The number of nitro benzene ring substituents is 1. The molecule has 0 bridgehead atoms. The largest absolute Gasteiger partial charge is 0.493 e. The van der Waals surface area contributed by atoms with Gasteiger partial charge in [-0.25, -0.2) is 8.42 Å². The molecule has 3 aromatic rings. The van der Waals surface area contributed by atoms with Gasteiger partial charge in [0.15, 0.2) is 22.2 Å². The maximum Gasteiger partial charge on any atom is 0.289 e. The van der Waals surface area contributed by atoms with E-state index in [9.17, 15) is 18.5 Å². The van der Waals surface area contributed by atoms with Crippen LogP contribution in [0.1, 0.15) is 0 Å². The number of anilines is 1. The average Bonchev–Trinajstić information content (AvgIpc) is 2.92. The molecule has 2 aromatic carbocycles. The van der Waals surface area contributed by atoms with Crippen molar-refractivity contribution in [1.29, 1.82) is 0 Å². The molecule has 0 aliphatic carbocycles. The highest BCUT2D eigenvalue weighted by Crippen LogP contribution is 2.40. The summed E-state index contributed by atoms with van der Waals surface area (Å²) in [5.74, 6) is 2.05. The number of methoxy groups -OCH3 is 3. The summed E-state index contributed by atoms with van der Waals surface area (Å²) in [6.45, 7) is 1.03. The molecule has 1 saturated heterocycles. The Balaban J connectivity index is 1.49. The first-order valence-corrected chi connectivity index (χ1v) is 12.4. The quantitative estimate of drug-likeness (QED) is 0.325. The molecule has 12 nitrogen and oxygen atoms in total. The number of ether oxygens (including phenoxy) is 3. The van der Waals surface area contributed by atoms with Gasteiger partial charge < -0.3 is 19.1 Å². The Morgan fingerprint density at radius 2 is 1.53 bits per heavy atom. The summed E-state index contributed by atoms with van der Waals surface area (Å²) < 4.78 is 43.5. The molecular formula is C23H25N5O7S. The van der Waals surface area contributed by atoms with Crippen molar-refractivity contribution < 1.29 is 27.6 Å². The van der Waals surface area contributed by atoms with Crippen LogP contribution < -0.4 is 19.1 Å². The molecule has 0 saturated carbocycles. The van der Waals surface area contributed by atoms with Gasteiger partial charge in [-0.15, -0.1) is 10.2 Å². The Labute approximate surface area is 208 Å². The molecule has 36 heavy (non-hydrogen) atoms. The Morgan fingerprint density at radius 1 is 0.889 bits per heavy atom. The summed E-state index contributed by atoms with van der Waals surface area (Å²) in [5.41, 5.74) is 0.882. The van der Waals surface area contributed by atoms with E-state index < -0.39 is 20.6 Å². The van der Waals surface area contributed by atoms with Crippen molar-refractivity contribution in [2.24, 2.45) is 0 Å². The van der Waals surface area contributed by atoms with Crippen LogP contribution in [0.5, 0.6) is 17.2 Å². The molecule has 2 heterocycles. The second kappa shape index (κ2) is 10.3. The number of aromatic nitrogens is 2. The third-order valence-corrected chi connectivity index (χ3v) is 7.80. The first-order valence-electron chi connectivity index (χ1n) is 10.9. The van der Waals surface area contributed by atoms with Crippen molar-refractivity contribution in [3.05, 3.63) is 58.6 Å². The van der Waals surface area contributed by atoms with E-state index in [-0.39, 0.29) is 18.0 Å². The van der Waals surface area contributed by atoms with E-state index in [1.807, 2.05) is 4.90 Å². The van der Waals surface area contributed by atoms with Gasteiger partial charge in [0.2, 0.25) is 15.8 Å². The van der Waals surface area contributed by atoms with Gasteiger partial charge in [0.25, 0.3) is 5.69 Å². The van der Waals surface area contributed by atoms with Crippen LogP contribution in [0, 0.1) is 10.1 Å². The molecule has 0 atom stereocenters. The van der Waals surface area contributed by atoms with E-state index in [1.54, 1.807) is 24.3 Å². The number of benzene rings is 2. The third kappa shape index (κ3) is 4.75. The van der Waals surface area contributed by atoms with E-state index in [0.29, 0.717) is 41.8 Å². The summed E-state index contributed by atoms with van der Waals surface area (Å²) in [7, 11) is 0.585. The number of piperazine rings is 1. The van der Waals surface area contributed by atoms with Crippen LogP contribution in [0.2, 0.25) is 0 Å². The van der Waals surface area contributed by atoms with E-state index in [4.69, 9.17) is 14.2 Å². The first-order chi connectivity index (χ1) is 17.3. The predicted octanol–water partition coefficient (Wildman–Crippen LogP) is 2.59. The first kappa shape index (κ1) is 25.1. The number of hydrogen-bond acceptors (Lipinski definition) is 10.